The fraction of sp³-hybridized carbons (Fsp3) is 0.476. The highest BCUT2D eigenvalue weighted by Crippen LogP contribution is 2.41. The van der Waals surface area contributed by atoms with E-state index in [2.05, 4.69) is 59.2 Å². The summed E-state index contributed by atoms with van der Waals surface area (Å²) in [5, 5.41) is 1.35. The highest BCUT2D eigenvalue weighted by molar-refractivity contribution is 5.99. The number of H-pyrrole nitrogens is 1. The van der Waals surface area contributed by atoms with Crippen molar-refractivity contribution in [2.45, 2.75) is 38.3 Å². The van der Waals surface area contributed by atoms with E-state index in [0.29, 0.717) is 18.0 Å². The Balaban J connectivity index is 1.58. The number of carbonyl (C=O) groups excluding carboxylic acids is 1. The monoisotopic (exact) mass is 335 g/mol. The molecule has 1 aromatic carbocycles. The standard InChI is InChI=1S/C21H25N3O/c1-3-24(15-7-8-15)21(25)14-9-17-16-5-4-6-18-20(16)13(11-22-18)10-19(17)23(2)12-14/h4-6,9,11,14-15,19,22H,3,7-8,10,12H2,1-2H3/t14-,19-/m1/s1. The molecule has 0 bridgehead atoms. The summed E-state index contributed by atoms with van der Waals surface area (Å²) in [5.74, 6) is 0.294. The van der Waals surface area contributed by atoms with Crippen molar-refractivity contribution >= 4 is 22.4 Å². The van der Waals surface area contributed by atoms with Gasteiger partial charge in [0, 0.05) is 42.3 Å². The second-order valence-electron chi connectivity index (χ2n) is 7.79. The molecule has 1 N–H and O–H groups in total. The van der Waals surface area contributed by atoms with Gasteiger partial charge < -0.3 is 9.88 Å². The smallest absolute Gasteiger partial charge is 0.231 e. The molecule has 130 valence electrons. The average Bonchev–Trinajstić information content (AvgIpc) is 3.37. The van der Waals surface area contributed by atoms with Crippen LogP contribution in [0, 0.1) is 5.92 Å². The molecular formula is C21H25N3O. The Morgan fingerprint density at radius 2 is 2.20 bits per heavy atom. The number of amides is 1. The molecular weight excluding hydrogens is 310 g/mol. The number of nitrogens with zero attached hydrogens (tertiary/aromatic N) is 2. The van der Waals surface area contributed by atoms with E-state index in [9.17, 15) is 4.79 Å². The largest absolute Gasteiger partial charge is 0.361 e. The molecule has 0 saturated heterocycles. The van der Waals surface area contributed by atoms with Gasteiger partial charge in [-0.2, -0.15) is 0 Å². The minimum Gasteiger partial charge on any atom is -0.361 e. The third kappa shape index (κ3) is 2.27. The van der Waals surface area contributed by atoms with Gasteiger partial charge in [0.15, 0.2) is 0 Å². The number of aromatic amines is 1. The second kappa shape index (κ2) is 5.46. The maximum atomic E-state index is 13.1. The van der Waals surface area contributed by atoms with Crippen LogP contribution in [0.1, 0.15) is 30.9 Å². The van der Waals surface area contributed by atoms with Gasteiger partial charge in [0.2, 0.25) is 5.91 Å². The third-order valence-corrected chi connectivity index (χ3v) is 6.20. The summed E-state index contributed by atoms with van der Waals surface area (Å²) in [6.45, 7) is 3.76. The van der Waals surface area contributed by atoms with Gasteiger partial charge in [-0.05, 0) is 56.0 Å². The minimum atomic E-state index is -0.0208. The van der Waals surface area contributed by atoms with E-state index < -0.39 is 0 Å². The van der Waals surface area contributed by atoms with Gasteiger partial charge in [0.25, 0.3) is 0 Å². The summed E-state index contributed by atoms with van der Waals surface area (Å²) in [4.78, 5) is 21.0. The summed E-state index contributed by atoms with van der Waals surface area (Å²) in [5.41, 5.74) is 5.26. The topological polar surface area (TPSA) is 39.3 Å². The van der Waals surface area contributed by atoms with Crippen LogP contribution < -0.4 is 0 Å². The van der Waals surface area contributed by atoms with E-state index in [0.717, 1.165) is 19.5 Å². The SMILES string of the molecule is CCN(C(=O)[C@@H]1C=C2c3cccc4[nH]cc(c34)C[C@H]2N(C)C1)C1CC1. The molecule has 1 amide bonds. The normalized spacial score (nSPS) is 25.6. The van der Waals surface area contributed by atoms with Crippen molar-refractivity contribution in [1.29, 1.82) is 0 Å². The summed E-state index contributed by atoms with van der Waals surface area (Å²) in [7, 11) is 2.17. The maximum Gasteiger partial charge on any atom is 0.231 e. The summed E-state index contributed by atoms with van der Waals surface area (Å²) in [6.07, 6.45) is 7.81. The molecule has 3 aliphatic rings. The summed E-state index contributed by atoms with van der Waals surface area (Å²) < 4.78 is 0. The van der Waals surface area contributed by atoms with Crippen LogP contribution in [0.2, 0.25) is 0 Å². The van der Waals surface area contributed by atoms with Gasteiger partial charge >= 0.3 is 0 Å². The van der Waals surface area contributed by atoms with Gasteiger partial charge in [0.05, 0.1) is 5.92 Å². The van der Waals surface area contributed by atoms with Gasteiger partial charge in [-0.15, -0.1) is 0 Å². The van der Waals surface area contributed by atoms with Crippen molar-refractivity contribution in [3.05, 3.63) is 41.6 Å². The van der Waals surface area contributed by atoms with Crippen LogP contribution in [0.3, 0.4) is 0 Å². The van der Waals surface area contributed by atoms with Crippen LogP contribution >= 0.6 is 0 Å². The Kier molecular flexibility index (Phi) is 3.32. The van der Waals surface area contributed by atoms with Crippen LogP contribution in [0.15, 0.2) is 30.5 Å². The lowest BCUT2D eigenvalue weighted by molar-refractivity contribution is -0.135. The maximum absolute atomic E-state index is 13.1. The van der Waals surface area contributed by atoms with Crippen molar-refractivity contribution in [1.82, 2.24) is 14.8 Å². The fourth-order valence-electron chi connectivity index (χ4n) is 4.80. The zero-order valence-electron chi connectivity index (χ0n) is 15.0. The van der Waals surface area contributed by atoms with E-state index in [4.69, 9.17) is 0 Å². The zero-order valence-corrected chi connectivity index (χ0v) is 15.0. The highest BCUT2D eigenvalue weighted by Gasteiger charge is 2.39. The third-order valence-electron chi connectivity index (χ3n) is 6.20. The number of likely N-dealkylation sites (N-methyl/N-ethyl adjacent to an activating group) is 1. The summed E-state index contributed by atoms with van der Waals surface area (Å²) >= 11 is 0. The van der Waals surface area contributed by atoms with Crippen molar-refractivity contribution in [2.75, 3.05) is 20.1 Å². The lowest BCUT2D eigenvalue weighted by Crippen LogP contribution is -2.48. The number of rotatable bonds is 3. The number of hydrogen-bond donors (Lipinski definition) is 1. The van der Waals surface area contributed by atoms with Crippen LogP contribution in [-0.2, 0) is 11.2 Å². The molecule has 4 nitrogen and oxygen atoms in total. The first-order valence-corrected chi connectivity index (χ1v) is 9.49. The predicted molar refractivity (Wildman–Crippen MR) is 100 cm³/mol. The Morgan fingerprint density at radius 3 is 2.96 bits per heavy atom. The molecule has 1 saturated carbocycles. The lowest BCUT2D eigenvalue weighted by Gasteiger charge is -2.40. The molecule has 1 fully saturated rings. The first kappa shape index (κ1) is 15.2. The van der Waals surface area contributed by atoms with Crippen molar-refractivity contribution < 1.29 is 4.79 Å². The van der Waals surface area contributed by atoms with Crippen LogP contribution in [0.5, 0.6) is 0 Å². The number of benzene rings is 1. The van der Waals surface area contributed by atoms with E-state index in [1.165, 1.54) is 40.4 Å². The second-order valence-corrected chi connectivity index (χ2v) is 7.79. The number of aromatic nitrogens is 1. The molecule has 0 unspecified atom stereocenters. The van der Waals surface area contributed by atoms with E-state index in [1.807, 2.05) is 0 Å². The predicted octanol–water partition coefficient (Wildman–Crippen LogP) is 3.05. The van der Waals surface area contributed by atoms with Crippen molar-refractivity contribution in [2.24, 2.45) is 5.92 Å². The first-order chi connectivity index (χ1) is 12.2. The molecule has 2 atom stereocenters. The number of carbonyl (C=O) groups is 1. The van der Waals surface area contributed by atoms with Gasteiger partial charge in [0.1, 0.15) is 0 Å². The molecule has 0 radical (unpaired) electrons. The molecule has 1 aromatic heterocycles. The molecule has 0 spiro atoms. The van der Waals surface area contributed by atoms with Crippen LogP contribution in [0.4, 0.5) is 0 Å². The Labute approximate surface area is 148 Å². The van der Waals surface area contributed by atoms with E-state index in [-0.39, 0.29) is 5.92 Å². The molecule has 1 aliphatic heterocycles. The molecule has 2 aliphatic carbocycles. The molecule has 25 heavy (non-hydrogen) atoms. The van der Waals surface area contributed by atoms with E-state index in [1.54, 1.807) is 0 Å². The van der Waals surface area contributed by atoms with Gasteiger partial charge in [-0.3, -0.25) is 9.69 Å². The average molecular weight is 335 g/mol. The fourth-order valence-corrected chi connectivity index (χ4v) is 4.80. The molecule has 2 aromatic rings. The van der Waals surface area contributed by atoms with Gasteiger partial charge in [-0.1, -0.05) is 18.2 Å². The Morgan fingerprint density at radius 1 is 1.36 bits per heavy atom. The van der Waals surface area contributed by atoms with Crippen LogP contribution in [-0.4, -0.2) is 52.9 Å². The molecule has 5 rings (SSSR count). The first-order valence-electron chi connectivity index (χ1n) is 9.49. The Bertz CT molecular complexity index is 876. The highest BCUT2D eigenvalue weighted by atomic mass is 16.2. The van der Waals surface area contributed by atoms with E-state index >= 15 is 0 Å². The lowest BCUT2D eigenvalue weighted by atomic mass is 9.79. The zero-order chi connectivity index (χ0) is 17.1. The Hall–Kier alpha value is -2.07. The van der Waals surface area contributed by atoms with Gasteiger partial charge in [-0.25, -0.2) is 0 Å². The number of hydrogen-bond acceptors (Lipinski definition) is 2. The van der Waals surface area contributed by atoms with Crippen LogP contribution in [0.25, 0.3) is 16.5 Å². The minimum absolute atomic E-state index is 0.0208. The summed E-state index contributed by atoms with van der Waals surface area (Å²) in [6, 6.07) is 7.36. The molecule has 4 heteroatoms. The van der Waals surface area contributed by atoms with Crippen molar-refractivity contribution in [3.63, 3.8) is 0 Å². The number of nitrogens with one attached hydrogen (secondary N) is 1. The van der Waals surface area contributed by atoms with Crippen molar-refractivity contribution in [3.8, 4) is 0 Å². The quantitative estimate of drug-likeness (QED) is 0.936. The number of fused-ring (bicyclic) bond motifs is 2. The molecule has 2 heterocycles.